The molecule has 2 aromatic heterocycles. The monoisotopic (exact) mass is 346 g/mol. The number of aromatic nitrogens is 3. The summed E-state index contributed by atoms with van der Waals surface area (Å²) in [5.74, 6) is -1.35. The molecule has 1 aliphatic heterocycles. The van der Waals surface area contributed by atoms with Crippen LogP contribution in [0.15, 0.2) is 24.4 Å². The van der Waals surface area contributed by atoms with Gasteiger partial charge in [-0.05, 0) is 19.1 Å². The molecule has 0 spiro atoms. The van der Waals surface area contributed by atoms with Gasteiger partial charge in [-0.3, -0.25) is 4.79 Å². The first-order chi connectivity index (χ1) is 11.4. The van der Waals surface area contributed by atoms with Crippen LogP contribution < -0.4 is 0 Å². The molecule has 0 radical (unpaired) electrons. The van der Waals surface area contributed by atoms with E-state index in [4.69, 9.17) is 11.6 Å². The Labute approximate surface area is 141 Å². The van der Waals surface area contributed by atoms with Crippen molar-refractivity contribution in [3.8, 4) is 5.75 Å². The highest BCUT2D eigenvalue weighted by Crippen LogP contribution is 2.29. The van der Waals surface area contributed by atoms with Gasteiger partial charge in [0.25, 0.3) is 5.91 Å². The van der Waals surface area contributed by atoms with Crippen molar-refractivity contribution < 1.29 is 14.3 Å². The zero-order chi connectivity index (χ0) is 17.0. The van der Waals surface area contributed by atoms with Crippen LogP contribution in [0.3, 0.4) is 0 Å². The lowest BCUT2D eigenvalue weighted by Gasteiger charge is -2.16. The van der Waals surface area contributed by atoms with Gasteiger partial charge in [0.2, 0.25) is 0 Å². The number of aryl methyl sites for hydroxylation is 1. The molecule has 3 aromatic rings. The topological polar surface area (TPSA) is 70.7 Å². The zero-order valence-electron chi connectivity index (χ0n) is 12.6. The Morgan fingerprint density at radius 2 is 2.17 bits per heavy atom. The van der Waals surface area contributed by atoms with Gasteiger partial charge in [-0.25, -0.2) is 13.9 Å². The van der Waals surface area contributed by atoms with Crippen LogP contribution >= 0.6 is 11.6 Å². The molecule has 0 bridgehead atoms. The second-order valence-electron chi connectivity index (χ2n) is 5.69. The number of rotatable bonds is 1. The van der Waals surface area contributed by atoms with Crippen molar-refractivity contribution in [1.82, 2.24) is 19.5 Å². The highest BCUT2D eigenvalue weighted by Gasteiger charge is 2.30. The summed E-state index contributed by atoms with van der Waals surface area (Å²) >= 11 is 6.05. The minimum Gasteiger partial charge on any atom is -0.507 e. The van der Waals surface area contributed by atoms with Crippen molar-refractivity contribution in [1.29, 1.82) is 0 Å². The largest absolute Gasteiger partial charge is 0.507 e. The lowest BCUT2D eigenvalue weighted by atomic mass is 10.1. The maximum atomic E-state index is 13.1. The third kappa shape index (κ3) is 2.20. The van der Waals surface area contributed by atoms with Crippen LogP contribution in [0, 0.1) is 12.7 Å². The van der Waals surface area contributed by atoms with Gasteiger partial charge >= 0.3 is 0 Å². The fraction of sp³-hybridized carbons (Fsp3) is 0.188. The third-order valence-electron chi connectivity index (χ3n) is 4.09. The van der Waals surface area contributed by atoms with Crippen molar-refractivity contribution in [3.63, 3.8) is 0 Å². The molecular weight excluding hydrogens is 335 g/mol. The fourth-order valence-corrected chi connectivity index (χ4v) is 2.98. The van der Waals surface area contributed by atoms with E-state index in [2.05, 4.69) is 10.1 Å². The first-order valence-corrected chi connectivity index (χ1v) is 7.63. The molecule has 0 aliphatic carbocycles. The van der Waals surface area contributed by atoms with Crippen LogP contribution in [0.1, 0.15) is 27.3 Å². The number of hydrogen-bond donors (Lipinski definition) is 1. The zero-order valence-corrected chi connectivity index (χ0v) is 13.4. The predicted molar refractivity (Wildman–Crippen MR) is 84.4 cm³/mol. The van der Waals surface area contributed by atoms with Crippen molar-refractivity contribution in [2.75, 3.05) is 0 Å². The van der Waals surface area contributed by atoms with Gasteiger partial charge < -0.3 is 10.0 Å². The van der Waals surface area contributed by atoms with Crippen molar-refractivity contribution >= 4 is 23.2 Å². The normalized spacial score (nSPS) is 13.5. The molecular formula is C16H12ClFN4O2. The van der Waals surface area contributed by atoms with Crippen LogP contribution in [0.25, 0.3) is 5.65 Å². The smallest absolute Gasteiger partial charge is 0.258 e. The van der Waals surface area contributed by atoms with E-state index in [1.807, 2.05) is 0 Å². The minimum absolute atomic E-state index is 0.0608. The Morgan fingerprint density at radius 3 is 2.92 bits per heavy atom. The van der Waals surface area contributed by atoms with Crippen LogP contribution in [0.4, 0.5) is 4.39 Å². The predicted octanol–water partition coefficient (Wildman–Crippen LogP) is 2.69. The Balaban J connectivity index is 1.68. The summed E-state index contributed by atoms with van der Waals surface area (Å²) in [5.41, 5.74) is 2.99. The van der Waals surface area contributed by atoms with E-state index in [9.17, 15) is 14.3 Å². The molecule has 1 aromatic carbocycles. The van der Waals surface area contributed by atoms with Gasteiger partial charge in [0.05, 0.1) is 41.3 Å². The van der Waals surface area contributed by atoms with Crippen LogP contribution in [-0.4, -0.2) is 30.5 Å². The third-order valence-corrected chi connectivity index (χ3v) is 4.46. The number of nitrogens with zero attached hydrogens (tertiary/aromatic N) is 4. The second kappa shape index (κ2) is 5.17. The van der Waals surface area contributed by atoms with E-state index < -0.39 is 5.82 Å². The number of fused-ring (bicyclic) bond motifs is 3. The standard InChI is InChI=1S/C16H12ClFN4O2/c1-8-12(17)6-22-15(19-8)11-5-21(7-13(11)20-22)16(24)10-3-2-9(18)4-14(10)23/h2-4,6,23H,5,7H2,1H3. The van der Waals surface area contributed by atoms with Crippen molar-refractivity contribution in [3.05, 3.63) is 57.8 Å². The van der Waals surface area contributed by atoms with Gasteiger partial charge in [-0.1, -0.05) is 11.6 Å². The summed E-state index contributed by atoms with van der Waals surface area (Å²) < 4.78 is 14.7. The fourth-order valence-electron chi connectivity index (χ4n) is 2.84. The molecule has 3 heterocycles. The number of benzene rings is 1. The summed E-state index contributed by atoms with van der Waals surface area (Å²) in [5, 5.41) is 14.7. The summed E-state index contributed by atoms with van der Waals surface area (Å²) in [7, 11) is 0. The maximum absolute atomic E-state index is 13.1. The Kier molecular flexibility index (Phi) is 3.21. The van der Waals surface area contributed by atoms with Gasteiger partial charge in [-0.2, -0.15) is 5.10 Å². The van der Waals surface area contributed by atoms with Gasteiger partial charge in [0.1, 0.15) is 11.6 Å². The molecule has 0 saturated carbocycles. The lowest BCUT2D eigenvalue weighted by molar-refractivity contribution is 0.0746. The molecule has 0 fully saturated rings. The molecule has 122 valence electrons. The van der Waals surface area contributed by atoms with E-state index in [0.717, 1.165) is 23.4 Å². The maximum Gasteiger partial charge on any atom is 0.258 e. The van der Waals surface area contributed by atoms with Crippen molar-refractivity contribution in [2.24, 2.45) is 0 Å². The molecule has 6 nitrogen and oxygen atoms in total. The lowest BCUT2D eigenvalue weighted by Crippen LogP contribution is -2.26. The van der Waals surface area contributed by atoms with Crippen molar-refractivity contribution in [2.45, 2.75) is 20.0 Å². The van der Waals surface area contributed by atoms with Gasteiger partial charge in [0.15, 0.2) is 5.65 Å². The molecule has 24 heavy (non-hydrogen) atoms. The molecule has 4 rings (SSSR count). The van der Waals surface area contributed by atoms with E-state index >= 15 is 0 Å². The molecule has 1 amide bonds. The summed E-state index contributed by atoms with van der Waals surface area (Å²) in [6.45, 7) is 2.42. The molecule has 0 unspecified atom stereocenters. The average Bonchev–Trinajstić information content (AvgIpc) is 3.06. The second-order valence-corrected chi connectivity index (χ2v) is 6.10. The number of aromatic hydroxyl groups is 1. The van der Waals surface area contributed by atoms with Crippen LogP contribution in [0.5, 0.6) is 5.75 Å². The van der Waals surface area contributed by atoms with E-state index in [0.29, 0.717) is 29.5 Å². The Morgan fingerprint density at radius 1 is 1.38 bits per heavy atom. The summed E-state index contributed by atoms with van der Waals surface area (Å²) in [4.78, 5) is 18.5. The molecule has 0 saturated heterocycles. The molecule has 1 N–H and O–H groups in total. The molecule has 1 aliphatic rings. The van der Waals surface area contributed by atoms with Gasteiger partial charge in [-0.15, -0.1) is 0 Å². The number of phenols is 1. The molecule has 0 atom stereocenters. The van der Waals surface area contributed by atoms with Crippen LogP contribution in [-0.2, 0) is 13.1 Å². The number of halogens is 2. The number of carbonyl (C=O) groups excluding carboxylic acids is 1. The first kappa shape index (κ1) is 14.9. The summed E-state index contributed by atoms with van der Waals surface area (Å²) in [6, 6.07) is 3.35. The van der Waals surface area contributed by atoms with E-state index in [1.165, 1.54) is 11.0 Å². The highest BCUT2D eigenvalue weighted by molar-refractivity contribution is 6.31. The highest BCUT2D eigenvalue weighted by atomic mass is 35.5. The average molecular weight is 347 g/mol. The van der Waals surface area contributed by atoms with E-state index in [1.54, 1.807) is 17.6 Å². The number of hydrogen-bond acceptors (Lipinski definition) is 4. The summed E-state index contributed by atoms with van der Waals surface area (Å²) in [6.07, 6.45) is 1.69. The minimum atomic E-state index is -0.594. The van der Waals surface area contributed by atoms with Gasteiger partial charge in [0, 0.05) is 11.6 Å². The van der Waals surface area contributed by atoms with E-state index in [-0.39, 0.29) is 17.2 Å². The Hall–Kier alpha value is -2.67. The first-order valence-electron chi connectivity index (χ1n) is 7.25. The number of amides is 1. The number of carbonyl (C=O) groups is 1. The SMILES string of the molecule is Cc1nc2c3c(nn2cc1Cl)CN(C(=O)c1ccc(F)cc1O)C3. The van der Waals surface area contributed by atoms with Crippen LogP contribution in [0.2, 0.25) is 5.02 Å². The molecule has 8 heteroatoms. The number of phenolic OH excluding ortho intramolecular Hbond substituents is 1. The Bertz CT molecular complexity index is 1000. The quantitative estimate of drug-likeness (QED) is 0.735.